The van der Waals surface area contributed by atoms with Gasteiger partial charge in [-0.2, -0.15) is 0 Å². The van der Waals surface area contributed by atoms with E-state index in [1.807, 2.05) is 0 Å². The van der Waals surface area contributed by atoms with Crippen LogP contribution in [0.15, 0.2) is 12.1 Å². The third-order valence-electron chi connectivity index (χ3n) is 3.44. The minimum absolute atomic E-state index is 0.140. The lowest BCUT2D eigenvalue weighted by molar-refractivity contribution is 0.108. The number of aryl methyl sites for hydroxylation is 2. The number of unbranched alkanes of at least 4 members (excludes halogenated alkanes) is 1. The minimum Gasteiger partial charge on any atom is -0.289 e. The second kappa shape index (κ2) is 6.66. The van der Waals surface area contributed by atoms with E-state index in [0.717, 1.165) is 29.3 Å². The predicted octanol–water partition coefficient (Wildman–Crippen LogP) is 5.22. The second-order valence-electron chi connectivity index (χ2n) is 6.34. The van der Waals surface area contributed by atoms with Gasteiger partial charge in [0.1, 0.15) is 0 Å². The van der Waals surface area contributed by atoms with Gasteiger partial charge in [-0.1, -0.05) is 46.2 Å². The van der Waals surface area contributed by atoms with Crippen molar-refractivity contribution in [3.8, 4) is 0 Å². The fourth-order valence-electron chi connectivity index (χ4n) is 2.22. The highest BCUT2D eigenvalue weighted by atomic mass is 31.1. The first-order chi connectivity index (χ1) is 8.77. The van der Waals surface area contributed by atoms with Crippen LogP contribution in [0.1, 0.15) is 67.6 Å². The van der Waals surface area contributed by atoms with Crippen LogP contribution in [0.25, 0.3) is 0 Å². The molecule has 0 bridgehead atoms. The van der Waals surface area contributed by atoms with E-state index >= 15 is 0 Å². The van der Waals surface area contributed by atoms with Crippen molar-refractivity contribution in [2.24, 2.45) is 0 Å². The molecule has 1 aromatic rings. The Morgan fingerprint density at radius 2 is 1.68 bits per heavy atom. The molecule has 106 valence electrons. The molecule has 0 radical (unpaired) electrons. The molecule has 0 amide bonds. The van der Waals surface area contributed by atoms with Gasteiger partial charge in [0.05, 0.1) is 0 Å². The van der Waals surface area contributed by atoms with Crippen molar-refractivity contribution in [3.63, 3.8) is 0 Å². The fourth-order valence-corrected chi connectivity index (χ4v) is 3.55. The average molecular weight is 278 g/mol. The monoisotopic (exact) mass is 278 g/mol. The smallest absolute Gasteiger partial charge is 0.181 e. The molecule has 1 aromatic carbocycles. The molecular weight excluding hydrogens is 251 g/mol. The third kappa shape index (κ3) is 4.42. The Hall–Kier alpha value is -0.680. The molecule has 0 N–H and O–H groups in total. The molecule has 0 aliphatic heterocycles. The lowest BCUT2D eigenvalue weighted by atomic mass is 9.84. The number of carbonyl (C=O) groups is 1. The van der Waals surface area contributed by atoms with E-state index in [0.29, 0.717) is 14.1 Å². The van der Waals surface area contributed by atoms with Gasteiger partial charge in [-0.15, -0.1) is 0 Å². The number of carbonyl (C=O) groups excluding carboxylic acids is 1. The highest BCUT2D eigenvalue weighted by Crippen LogP contribution is 2.30. The maximum atomic E-state index is 12.3. The molecule has 1 atom stereocenters. The van der Waals surface area contributed by atoms with Crippen molar-refractivity contribution in [1.82, 2.24) is 0 Å². The van der Waals surface area contributed by atoms with E-state index in [4.69, 9.17) is 0 Å². The molecule has 0 aliphatic rings. The summed E-state index contributed by atoms with van der Waals surface area (Å²) in [5.41, 5.74) is 5.03. The maximum absolute atomic E-state index is 12.3. The van der Waals surface area contributed by atoms with Crippen LogP contribution in [-0.4, -0.2) is 11.7 Å². The molecule has 0 saturated carbocycles. The van der Waals surface area contributed by atoms with Crippen molar-refractivity contribution in [1.29, 1.82) is 0 Å². The average Bonchev–Trinajstić information content (AvgIpc) is 2.27. The van der Waals surface area contributed by atoms with Gasteiger partial charge >= 0.3 is 0 Å². The normalized spacial score (nSPS) is 12.3. The SMILES string of the molecule is CCCCPC(=O)c1c(C)cc(C(C)(C)C)cc1C. The summed E-state index contributed by atoms with van der Waals surface area (Å²) < 4.78 is 0. The van der Waals surface area contributed by atoms with E-state index in [1.165, 1.54) is 12.0 Å². The predicted molar refractivity (Wildman–Crippen MR) is 87.0 cm³/mol. The summed E-state index contributed by atoms with van der Waals surface area (Å²) in [6.07, 6.45) is 3.36. The van der Waals surface area contributed by atoms with E-state index in [-0.39, 0.29) is 5.41 Å². The molecule has 1 unspecified atom stereocenters. The molecule has 0 aromatic heterocycles. The van der Waals surface area contributed by atoms with Crippen molar-refractivity contribution in [2.75, 3.05) is 6.16 Å². The second-order valence-corrected chi connectivity index (χ2v) is 7.65. The van der Waals surface area contributed by atoms with Gasteiger partial charge in [0.2, 0.25) is 0 Å². The summed E-state index contributed by atoms with van der Waals surface area (Å²) in [6, 6.07) is 4.37. The van der Waals surface area contributed by atoms with Gasteiger partial charge in [0.25, 0.3) is 0 Å². The zero-order valence-electron chi connectivity index (χ0n) is 13.2. The lowest BCUT2D eigenvalue weighted by Gasteiger charge is -2.22. The molecule has 1 rings (SSSR count). The standard InChI is InChI=1S/C17H27OP/c1-7-8-9-19-16(18)15-12(2)10-14(11-13(15)3)17(4,5)6/h10-11,19H,7-9H2,1-6H3. The molecule has 0 spiro atoms. The number of hydrogen-bond acceptors (Lipinski definition) is 1. The van der Waals surface area contributed by atoms with Crippen LogP contribution in [0, 0.1) is 13.8 Å². The topological polar surface area (TPSA) is 17.1 Å². The van der Waals surface area contributed by atoms with Crippen molar-refractivity contribution in [2.45, 2.75) is 59.8 Å². The van der Waals surface area contributed by atoms with Crippen LogP contribution in [-0.2, 0) is 5.41 Å². The van der Waals surface area contributed by atoms with Gasteiger partial charge in [-0.3, -0.25) is 4.79 Å². The molecule has 2 heteroatoms. The summed E-state index contributed by atoms with van der Waals surface area (Å²) in [5, 5.41) is 0. The van der Waals surface area contributed by atoms with Gasteiger partial charge in [0, 0.05) is 5.56 Å². The lowest BCUT2D eigenvalue weighted by Crippen LogP contribution is -2.13. The first kappa shape index (κ1) is 16.4. The van der Waals surface area contributed by atoms with E-state index in [9.17, 15) is 4.79 Å². The molecule has 0 heterocycles. The van der Waals surface area contributed by atoms with E-state index in [1.54, 1.807) is 0 Å². The van der Waals surface area contributed by atoms with Crippen molar-refractivity contribution in [3.05, 3.63) is 34.4 Å². The van der Waals surface area contributed by atoms with Gasteiger partial charge < -0.3 is 0 Å². The Labute approximate surface area is 120 Å². The van der Waals surface area contributed by atoms with Crippen molar-refractivity contribution >= 4 is 14.1 Å². The molecule has 0 fully saturated rings. The van der Waals surface area contributed by atoms with Crippen LogP contribution in [0.2, 0.25) is 0 Å². The molecule has 0 saturated heterocycles. The van der Waals surface area contributed by atoms with E-state index < -0.39 is 0 Å². The number of benzene rings is 1. The molecule has 19 heavy (non-hydrogen) atoms. The van der Waals surface area contributed by atoms with Crippen LogP contribution < -0.4 is 0 Å². The Bertz CT molecular complexity index is 432. The fraction of sp³-hybridized carbons (Fsp3) is 0.588. The highest BCUT2D eigenvalue weighted by molar-refractivity contribution is 7.58. The largest absolute Gasteiger partial charge is 0.289 e. The Kier molecular flexibility index (Phi) is 5.74. The first-order valence-electron chi connectivity index (χ1n) is 7.17. The molecule has 1 nitrogen and oxygen atoms in total. The maximum Gasteiger partial charge on any atom is 0.181 e. The number of hydrogen-bond donors (Lipinski definition) is 0. The minimum atomic E-state index is 0.140. The highest BCUT2D eigenvalue weighted by Gasteiger charge is 2.18. The Morgan fingerprint density at radius 3 is 2.11 bits per heavy atom. The van der Waals surface area contributed by atoms with Crippen LogP contribution in [0.3, 0.4) is 0 Å². The van der Waals surface area contributed by atoms with Crippen LogP contribution in [0.5, 0.6) is 0 Å². The van der Waals surface area contributed by atoms with Gasteiger partial charge in [0.15, 0.2) is 5.52 Å². The summed E-state index contributed by atoms with van der Waals surface area (Å²) in [4.78, 5) is 12.3. The Balaban J connectivity index is 3.00. The molecule has 0 aliphatic carbocycles. The summed E-state index contributed by atoms with van der Waals surface area (Å²) in [6.45, 7) is 13.0. The molecular formula is C17H27OP. The Morgan fingerprint density at radius 1 is 1.16 bits per heavy atom. The van der Waals surface area contributed by atoms with Gasteiger partial charge in [-0.25, -0.2) is 0 Å². The van der Waals surface area contributed by atoms with Crippen LogP contribution in [0.4, 0.5) is 0 Å². The zero-order chi connectivity index (χ0) is 14.6. The quantitative estimate of drug-likeness (QED) is 0.533. The third-order valence-corrected chi connectivity index (χ3v) is 4.62. The summed E-state index contributed by atoms with van der Waals surface area (Å²) in [7, 11) is 0.428. The summed E-state index contributed by atoms with van der Waals surface area (Å²) >= 11 is 0. The van der Waals surface area contributed by atoms with Crippen molar-refractivity contribution < 1.29 is 4.79 Å². The zero-order valence-corrected chi connectivity index (χ0v) is 14.2. The van der Waals surface area contributed by atoms with E-state index in [2.05, 4.69) is 53.7 Å². The van der Waals surface area contributed by atoms with Gasteiger partial charge in [-0.05, 0) is 57.1 Å². The first-order valence-corrected chi connectivity index (χ1v) is 8.38. The summed E-state index contributed by atoms with van der Waals surface area (Å²) in [5.74, 6) is 0. The van der Waals surface area contributed by atoms with Crippen LogP contribution >= 0.6 is 8.58 Å². The number of rotatable bonds is 5.